The molecule has 3 aromatic carbocycles. The third-order valence-corrected chi connectivity index (χ3v) is 9.98. The van der Waals surface area contributed by atoms with Gasteiger partial charge in [-0.25, -0.2) is 0 Å². The van der Waals surface area contributed by atoms with E-state index >= 15 is 0 Å². The summed E-state index contributed by atoms with van der Waals surface area (Å²) in [5.74, 6) is 1.77. The van der Waals surface area contributed by atoms with Crippen molar-refractivity contribution in [2.24, 2.45) is 4.99 Å². The highest BCUT2D eigenvalue weighted by molar-refractivity contribution is 5.84. The van der Waals surface area contributed by atoms with Crippen LogP contribution in [-0.2, 0) is 27.3 Å². The van der Waals surface area contributed by atoms with E-state index in [0.29, 0.717) is 35.5 Å². The number of nitrogens with zero attached hydrogens (tertiary/aromatic N) is 2. The molecule has 0 saturated heterocycles. The molecule has 0 radical (unpaired) electrons. The number of aromatic hydroxyl groups is 1. The number of hydrogen-bond acceptors (Lipinski definition) is 6. The van der Waals surface area contributed by atoms with Crippen molar-refractivity contribution in [1.29, 1.82) is 5.26 Å². The van der Waals surface area contributed by atoms with Gasteiger partial charge >= 0.3 is 0 Å². The molecule has 0 aliphatic rings. The first kappa shape index (κ1) is 43.6. The zero-order valence-corrected chi connectivity index (χ0v) is 35.5. The fourth-order valence-corrected chi connectivity index (χ4v) is 6.55. The van der Waals surface area contributed by atoms with Crippen LogP contribution in [0, 0.1) is 11.3 Å². The number of nitriles is 1. The standard InChI is InChI=1S/C47H68N2O4/c1-16-18-22-52-41-36(43(4,5)6)25-34(26-37(41)44(7,8)9)47(51,31(3)49-30-33-24-32(29-48)20-21-40(33)50)35-27-38(45(10,11)12)42(53-23-19-17-2)39(28-35)46(13,14)15/h20-21,24-28,30-31,50-51H,16-19,22-23H2,1-15H3. The van der Waals surface area contributed by atoms with E-state index in [1.807, 2.05) is 6.92 Å². The van der Waals surface area contributed by atoms with Gasteiger partial charge in [0.2, 0.25) is 0 Å². The van der Waals surface area contributed by atoms with E-state index in [9.17, 15) is 15.5 Å². The Morgan fingerprint density at radius 1 is 0.679 bits per heavy atom. The van der Waals surface area contributed by atoms with E-state index in [1.165, 1.54) is 6.07 Å². The second-order valence-corrected chi connectivity index (χ2v) is 18.8. The largest absolute Gasteiger partial charge is 0.507 e. The van der Waals surface area contributed by atoms with Gasteiger partial charge in [-0.05, 0) is 95.0 Å². The zero-order valence-electron chi connectivity index (χ0n) is 35.5. The molecule has 6 nitrogen and oxygen atoms in total. The molecular weight excluding hydrogens is 657 g/mol. The molecule has 1 unspecified atom stereocenters. The molecule has 290 valence electrons. The van der Waals surface area contributed by atoms with Crippen molar-refractivity contribution in [2.45, 2.75) is 163 Å². The fraction of sp³-hybridized carbons (Fsp3) is 0.574. The fourth-order valence-electron chi connectivity index (χ4n) is 6.55. The monoisotopic (exact) mass is 725 g/mol. The summed E-state index contributed by atoms with van der Waals surface area (Å²) in [5.41, 5.74) is 3.50. The Hall–Kier alpha value is -3.82. The first-order valence-electron chi connectivity index (χ1n) is 19.5. The lowest BCUT2D eigenvalue weighted by molar-refractivity contribution is 0.0581. The third kappa shape index (κ3) is 10.2. The average Bonchev–Trinajstić information content (AvgIpc) is 3.05. The first-order chi connectivity index (χ1) is 24.4. The molecule has 2 N–H and O–H groups in total. The maximum Gasteiger partial charge on any atom is 0.137 e. The molecule has 53 heavy (non-hydrogen) atoms. The van der Waals surface area contributed by atoms with Gasteiger partial charge in [-0.2, -0.15) is 5.26 Å². The molecule has 0 saturated carbocycles. The predicted octanol–water partition coefficient (Wildman–Crippen LogP) is 11.6. The van der Waals surface area contributed by atoms with Gasteiger partial charge in [0.05, 0.1) is 30.9 Å². The number of hydrogen-bond donors (Lipinski definition) is 2. The predicted molar refractivity (Wildman–Crippen MR) is 221 cm³/mol. The average molecular weight is 725 g/mol. The number of aliphatic imine (C=N–C) groups is 1. The van der Waals surface area contributed by atoms with Gasteiger partial charge in [0, 0.05) is 34.0 Å². The van der Waals surface area contributed by atoms with E-state index in [1.54, 1.807) is 18.3 Å². The SMILES string of the molecule is CCCCOc1c(C(C)(C)C)cc(C(O)(c2cc(C(C)(C)C)c(OCCCC)c(C(C)(C)C)c2)C(C)N=Cc2cc(C#N)ccc2O)cc1C(C)(C)C. The van der Waals surface area contributed by atoms with Crippen LogP contribution in [0.4, 0.5) is 0 Å². The Bertz CT molecular complexity index is 1630. The van der Waals surface area contributed by atoms with Crippen molar-refractivity contribution in [1.82, 2.24) is 0 Å². The van der Waals surface area contributed by atoms with Crippen molar-refractivity contribution in [3.8, 4) is 23.3 Å². The number of phenolic OH excluding ortho intramolecular Hbond substituents is 1. The highest BCUT2D eigenvalue weighted by atomic mass is 16.5. The summed E-state index contributed by atoms with van der Waals surface area (Å²) in [5, 5.41) is 34.0. The number of phenols is 1. The summed E-state index contributed by atoms with van der Waals surface area (Å²) in [6, 6.07) is 14.6. The maximum atomic E-state index is 13.7. The molecule has 0 fully saturated rings. The lowest BCUT2D eigenvalue weighted by Gasteiger charge is -2.39. The van der Waals surface area contributed by atoms with Crippen molar-refractivity contribution < 1.29 is 19.7 Å². The molecule has 0 aliphatic carbocycles. The van der Waals surface area contributed by atoms with Gasteiger partial charge < -0.3 is 19.7 Å². The van der Waals surface area contributed by atoms with Gasteiger partial charge in [-0.3, -0.25) is 4.99 Å². The van der Waals surface area contributed by atoms with E-state index < -0.39 is 11.6 Å². The molecule has 1 atom stereocenters. The maximum absolute atomic E-state index is 13.7. The zero-order chi connectivity index (χ0) is 40.2. The minimum atomic E-state index is -1.64. The Labute approximate surface area is 321 Å². The third-order valence-electron chi connectivity index (χ3n) is 9.98. The molecule has 0 heterocycles. The molecule has 0 aromatic heterocycles. The van der Waals surface area contributed by atoms with Crippen molar-refractivity contribution in [3.63, 3.8) is 0 Å². The molecule has 0 aliphatic heterocycles. The summed E-state index contributed by atoms with van der Waals surface area (Å²) in [4.78, 5) is 4.98. The minimum Gasteiger partial charge on any atom is -0.507 e. The number of rotatable bonds is 13. The molecule has 3 rings (SSSR count). The smallest absolute Gasteiger partial charge is 0.137 e. The van der Waals surface area contributed by atoms with Crippen LogP contribution < -0.4 is 9.47 Å². The van der Waals surface area contributed by atoms with Crippen LogP contribution in [0.15, 0.2) is 47.5 Å². The Morgan fingerprint density at radius 3 is 1.38 bits per heavy atom. The van der Waals surface area contributed by atoms with Gasteiger partial charge in [-0.15, -0.1) is 0 Å². The van der Waals surface area contributed by atoms with E-state index in [4.69, 9.17) is 14.5 Å². The van der Waals surface area contributed by atoms with Gasteiger partial charge in [-0.1, -0.05) is 110 Å². The van der Waals surface area contributed by atoms with Crippen molar-refractivity contribution in [3.05, 3.63) is 87.0 Å². The second kappa shape index (κ2) is 16.7. The molecule has 0 bridgehead atoms. The Balaban J connectivity index is 2.57. The van der Waals surface area contributed by atoms with Crippen LogP contribution in [0.2, 0.25) is 0 Å². The van der Waals surface area contributed by atoms with Crippen LogP contribution in [-0.4, -0.2) is 35.7 Å². The number of aliphatic hydroxyl groups is 1. The molecular formula is C47H68N2O4. The minimum absolute atomic E-state index is 0.0146. The van der Waals surface area contributed by atoms with E-state index in [0.717, 1.165) is 59.4 Å². The Morgan fingerprint density at radius 2 is 1.06 bits per heavy atom. The van der Waals surface area contributed by atoms with E-state index in [2.05, 4.69) is 127 Å². The molecule has 6 heteroatoms. The van der Waals surface area contributed by atoms with E-state index in [-0.39, 0.29) is 27.4 Å². The quantitative estimate of drug-likeness (QED) is 0.135. The van der Waals surface area contributed by atoms with Crippen molar-refractivity contribution in [2.75, 3.05) is 13.2 Å². The second-order valence-electron chi connectivity index (χ2n) is 18.8. The van der Waals surface area contributed by atoms with Gasteiger partial charge in [0.1, 0.15) is 22.8 Å². The highest BCUT2D eigenvalue weighted by Gasteiger charge is 2.43. The molecule has 3 aromatic rings. The highest BCUT2D eigenvalue weighted by Crippen LogP contribution is 2.48. The summed E-state index contributed by atoms with van der Waals surface area (Å²) < 4.78 is 13.3. The van der Waals surface area contributed by atoms with Crippen LogP contribution in [0.5, 0.6) is 17.2 Å². The van der Waals surface area contributed by atoms with Crippen LogP contribution in [0.3, 0.4) is 0 Å². The summed E-state index contributed by atoms with van der Waals surface area (Å²) in [7, 11) is 0. The van der Waals surface area contributed by atoms with Crippen LogP contribution >= 0.6 is 0 Å². The topological polar surface area (TPSA) is 95.1 Å². The Kier molecular flexibility index (Phi) is 13.7. The van der Waals surface area contributed by atoms with Crippen LogP contribution in [0.1, 0.15) is 174 Å². The number of ether oxygens (including phenoxy) is 2. The van der Waals surface area contributed by atoms with Gasteiger partial charge in [0.15, 0.2) is 0 Å². The molecule has 0 spiro atoms. The normalized spacial score (nSPS) is 13.6. The summed E-state index contributed by atoms with van der Waals surface area (Å²) >= 11 is 0. The lowest BCUT2D eigenvalue weighted by Crippen LogP contribution is -2.40. The summed E-state index contributed by atoms with van der Waals surface area (Å²) in [6.07, 6.45) is 5.52. The number of unbranched alkanes of at least 4 members (excludes halogenated alkanes) is 2. The van der Waals surface area contributed by atoms with Crippen molar-refractivity contribution >= 4 is 6.21 Å². The van der Waals surface area contributed by atoms with Crippen LogP contribution in [0.25, 0.3) is 0 Å². The summed E-state index contributed by atoms with van der Waals surface area (Å²) in [6.45, 7) is 33.7. The van der Waals surface area contributed by atoms with Gasteiger partial charge in [0.25, 0.3) is 0 Å². The first-order valence-corrected chi connectivity index (χ1v) is 19.5. The number of benzene rings is 3. The molecule has 0 amide bonds. The lowest BCUT2D eigenvalue weighted by atomic mass is 9.71.